The lowest BCUT2D eigenvalue weighted by molar-refractivity contribution is 0.0410. The standard InChI is InChI=1S/C17H23N3O4S/c18-11-14-2-1-3-15(10-14)24-9-8-19-4-6-20(7-5-19)16-12-25(22,23)13-17(16)21/h1-3,10,16-17,21H,4-9,12-13H2. The van der Waals surface area contributed by atoms with Crippen LogP contribution in [0.25, 0.3) is 0 Å². The van der Waals surface area contributed by atoms with Gasteiger partial charge in [-0.1, -0.05) is 6.07 Å². The van der Waals surface area contributed by atoms with Crippen molar-refractivity contribution in [2.24, 2.45) is 0 Å². The quantitative estimate of drug-likeness (QED) is 0.766. The minimum atomic E-state index is -3.11. The van der Waals surface area contributed by atoms with Crippen molar-refractivity contribution < 1.29 is 18.3 Å². The first-order chi connectivity index (χ1) is 12.0. The van der Waals surface area contributed by atoms with Gasteiger partial charge in [-0.3, -0.25) is 9.80 Å². The van der Waals surface area contributed by atoms with Gasteiger partial charge in [-0.2, -0.15) is 5.26 Å². The highest BCUT2D eigenvalue weighted by Crippen LogP contribution is 2.20. The van der Waals surface area contributed by atoms with E-state index in [1.165, 1.54) is 0 Å². The van der Waals surface area contributed by atoms with E-state index in [1.54, 1.807) is 18.2 Å². The Hall–Kier alpha value is -1.66. The lowest BCUT2D eigenvalue weighted by Crippen LogP contribution is -2.54. The first-order valence-electron chi connectivity index (χ1n) is 8.45. The molecule has 25 heavy (non-hydrogen) atoms. The van der Waals surface area contributed by atoms with E-state index < -0.39 is 15.9 Å². The molecule has 136 valence electrons. The lowest BCUT2D eigenvalue weighted by atomic mass is 10.1. The van der Waals surface area contributed by atoms with Gasteiger partial charge in [-0.05, 0) is 18.2 Å². The first kappa shape index (κ1) is 18.1. The van der Waals surface area contributed by atoms with E-state index in [2.05, 4.69) is 15.9 Å². The Morgan fingerprint density at radius 3 is 2.64 bits per heavy atom. The molecule has 2 fully saturated rings. The second-order valence-corrected chi connectivity index (χ2v) is 8.73. The van der Waals surface area contributed by atoms with Gasteiger partial charge < -0.3 is 9.84 Å². The molecule has 2 heterocycles. The van der Waals surface area contributed by atoms with Crippen molar-refractivity contribution >= 4 is 9.84 Å². The molecule has 1 aromatic rings. The smallest absolute Gasteiger partial charge is 0.154 e. The first-order valence-corrected chi connectivity index (χ1v) is 10.3. The number of hydrogen-bond acceptors (Lipinski definition) is 7. The summed E-state index contributed by atoms with van der Waals surface area (Å²) < 4.78 is 29.0. The zero-order valence-electron chi connectivity index (χ0n) is 14.0. The molecule has 0 saturated carbocycles. The second-order valence-electron chi connectivity index (χ2n) is 6.58. The van der Waals surface area contributed by atoms with E-state index in [-0.39, 0.29) is 17.5 Å². The third-order valence-corrected chi connectivity index (χ3v) is 6.51. The number of benzene rings is 1. The monoisotopic (exact) mass is 365 g/mol. The molecule has 2 aliphatic rings. The summed E-state index contributed by atoms with van der Waals surface area (Å²) in [4.78, 5) is 4.35. The molecular formula is C17H23N3O4S. The minimum absolute atomic E-state index is 0.0620. The SMILES string of the molecule is N#Cc1cccc(OCCN2CCN(C3CS(=O)(=O)CC3O)CC2)c1. The van der Waals surface area contributed by atoms with Gasteiger partial charge in [0.05, 0.1) is 35.3 Å². The number of sulfone groups is 1. The zero-order chi connectivity index (χ0) is 17.9. The maximum atomic E-state index is 11.6. The molecule has 0 radical (unpaired) electrons. The van der Waals surface area contributed by atoms with Gasteiger partial charge in [0.2, 0.25) is 0 Å². The Kier molecular flexibility index (Phi) is 5.59. The Labute approximate surface area is 148 Å². The Bertz CT molecular complexity index is 739. The molecule has 2 saturated heterocycles. The van der Waals surface area contributed by atoms with Crippen LogP contribution in [0.1, 0.15) is 5.56 Å². The number of piperazine rings is 1. The van der Waals surface area contributed by atoms with Crippen molar-refractivity contribution in [1.82, 2.24) is 9.80 Å². The molecule has 2 atom stereocenters. The van der Waals surface area contributed by atoms with Gasteiger partial charge in [0.25, 0.3) is 0 Å². The molecule has 1 aromatic carbocycles. The van der Waals surface area contributed by atoms with Gasteiger partial charge in [0.1, 0.15) is 12.4 Å². The average molecular weight is 365 g/mol. The number of rotatable bonds is 5. The maximum absolute atomic E-state index is 11.6. The van der Waals surface area contributed by atoms with Crippen LogP contribution in [0.2, 0.25) is 0 Å². The molecular weight excluding hydrogens is 342 g/mol. The summed E-state index contributed by atoms with van der Waals surface area (Å²) in [7, 11) is -3.11. The van der Waals surface area contributed by atoms with Crippen LogP contribution in [0.15, 0.2) is 24.3 Å². The maximum Gasteiger partial charge on any atom is 0.154 e. The van der Waals surface area contributed by atoms with Crippen molar-refractivity contribution in [2.75, 3.05) is 50.8 Å². The number of aliphatic hydroxyl groups excluding tert-OH is 1. The molecule has 2 aliphatic heterocycles. The number of nitriles is 1. The molecule has 3 rings (SSSR count). The molecule has 0 aliphatic carbocycles. The van der Waals surface area contributed by atoms with E-state index >= 15 is 0 Å². The predicted molar refractivity (Wildman–Crippen MR) is 93.1 cm³/mol. The van der Waals surface area contributed by atoms with E-state index in [4.69, 9.17) is 10.00 Å². The molecule has 8 heteroatoms. The van der Waals surface area contributed by atoms with Gasteiger partial charge in [0, 0.05) is 32.7 Å². The van der Waals surface area contributed by atoms with Crippen LogP contribution in [-0.4, -0.2) is 86.3 Å². The van der Waals surface area contributed by atoms with Crippen molar-refractivity contribution in [3.8, 4) is 11.8 Å². The fraction of sp³-hybridized carbons (Fsp3) is 0.588. The lowest BCUT2D eigenvalue weighted by Gasteiger charge is -2.38. The van der Waals surface area contributed by atoms with Gasteiger partial charge in [0.15, 0.2) is 9.84 Å². The predicted octanol–water partition coefficient (Wildman–Crippen LogP) is -0.287. The summed E-state index contributed by atoms with van der Waals surface area (Å²) in [5.41, 5.74) is 0.580. The Balaban J connectivity index is 1.42. The highest BCUT2D eigenvalue weighted by molar-refractivity contribution is 7.91. The summed E-state index contributed by atoms with van der Waals surface area (Å²) in [6.45, 7) is 4.46. The highest BCUT2D eigenvalue weighted by atomic mass is 32.2. The fourth-order valence-electron chi connectivity index (χ4n) is 3.43. The number of ether oxygens (including phenoxy) is 1. The molecule has 1 N–H and O–H groups in total. The van der Waals surface area contributed by atoms with Crippen molar-refractivity contribution in [3.63, 3.8) is 0 Å². The van der Waals surface area contributed by atoms with Crippen LogP contribution >= 0.6 is 0 Å². The van der Waals surface area contributed by atoms with Crippen molar-refractivity contribution in [1.29, 1.82) is 5.26 Å². The Morgan fingerprint density at radius 2 is 2.00 bits per heavy atom. The molecule has 2 unspecified atom stereocenters. The van der Waals surface area contributed by atoms with Gasteiger partial charge in [-0.25, -0.2) is 8.42 Å². The topological polar surface area (TPSA) is 93.9 Å². The van der Waals surface area contributed by atoms with Crippen molar-refractivity contribution in [3.05, 3.63) is 29.8 Å². The van der Waals surface area contributed by atoms with Crippen LogP contribution < -0.4 is 4.74 Å². The van der Waals surface area contributed by atoms with Gasteiger partial charge in [-0.15, -0.1) is 0 Å². The summed E-state index contributed by atoms with van der Waals surface area (Å²) >= 11 is 0. The zero-order valence-corrected chi connectivity index (χ0v) is 14.9. The van der Waals surface area contributed by atoms with E-state index in [1.807, 2.05) is 6.07 Å². The molecule has 0 aromatic heterocycles. The second kappa shape index (κ2) is 7.70. The van der Waals surface area contributed by atoms with Crippen LogP contribution in [0.5, 0.6) is 5.75 Å². The largest absolute Gasteiger partial charge is 0.492 e. The van der Waals surface area contributed by atoms with E-state index in [0.717, 1.165) is 32.7 Å². The fourth-order valence-corrected chi connectivity index (χ4v) is 5.26. The molecule has 0 spiro atoms. The van der Waals surface area contributed by atoms with E-state index in [9.17, 15) is 13.5 Å². The Morgan fingerprint density at radius 1 is 1.24 bits per heavy atom. The summed E-state index contributed by atoms with van der Waals surface area (Å²) in [5, 5.41) is 18.9. The third-order valence-electron chi connectivity index (χ3n) is 4.81. The van der Waals surface area contributed by atoms with Gasteiger partial charge >= 0.3 is 0 Å². The molecule has 0 bridgehead atoms. The summed E-state index contributed by atoms with van der Waals surface area (Å²) in [6, 6.07) is 8.92. The highest BCUT2D eigenvalue weighted by Gasteiger charge is 2.40. The minimum Gasteiger partial charge on any atom is -0.492 e. The van der Waals surface area contributed by atoms with E-state index in [0.29, 0.717) is 17.9 Å². The normalized spacial score (nSPS) is 27.0. The average Bonchev–Trinajstić information content (AvgIpc) is 2.88. The molecule has 7 nitrogen and oxygen atoms in total. The third kappa shape index (κ3) is 4.70. The van der Waals surface area contributed by atoms with Crippen LogP contribution in [0.3, 0.4) is 0 Å². The van der Waals surface area contributed by atoms with Crippen LogP contribution in [-0.2, 0) is 9.84 Å². The number of nitrogens with zero attached hydrogens (tertiary/aromatic N) is 3. The van der Waals surface area contributed by atoms with Crippen molar-refractivity contribution in [2.45, 2.75) is 12.1 Å². The molecule has 0 amide bonds. The number of aliphatic hydroxyl groups is 1. The summed E-state index contributed by atoms with van der Waals surface area (Å²) in [6.07, 6.45) is -0.771. The number of hydrogen-bond donors (Lipinski definition) is 1. The van der Waals surface area contributed by atoms with Crippen LogP contribution in [0.4, 0.5) is 0 Å². The summed E-state index contributed by atoms with van der Waals surface area (Å²) in [5.74, 6) is 0.636. The van der Waals surface area contributed by atoms with Crippen LogP contribution in [0, 0.1) is 11.3 Å².